The Kier molecular flexibility index (Phi) is 8.19. The van der Waals surface area contributed by atoms with Gasteiger partial charge in [-0.05, 0) is 35.5 Å². The minimum absolute atomic E-state index is 0.0191. The van der Waals surface area contributed by atoms with Gasteiger partial charge in [-0.1, -0.05) is 72.8 Å². The summed E-state index contributed by atoms with van der Waals surface area (Å²) in [5, 5.41) is 0. The lowest BCUT2D eigenvalue weighted by Gasteiger charge is -2.35. The molecule has 0 spiro atoms. The Morgan fingerprint density at radius 1 is 0.968 bits per heavy atom. The molecule has 0 saturated carbocycles. The number of ether oxygens (including phenoxy) is 2. The molecule has 0 amide bonds. The van der Waals surface area contributed by atoms with Crippen molar-refractivity contribution in [2.45, 2.75) is 19.4 Å². The average molecular weight is 420 g/mol. The van der Waals surface area contributed by atoms with Crippen molar-refractivity contribution in [1.29, 1.82) is 0 Å². The van der Waals surface area contributed by atoms with E-state index in [1.54, 1.807) is 0 Å². The van der Waals surface area contributed by atoms with Crippen LogP contribution in [0.1, 0.15) is 24.0 Å². The normalized spacial score (nSPS) is 16.8. The van der Waals surface area contributed by atoms with Gasteiger partial charge in [0.05, 0.1) is 14.2 Å². The Morgan fingerprint density at radius 3 is 2.19 bits per heavy atom. The molecule has 0 bridgehead atoms. The fraction of sp³-hybridized carbons (Fsp3) is 0.308. The van der Waals surface area contributed by atoms with Gasteiger partial charge in [-0.3, -0.25) is 4.90 Å². The van der Waals surface area contributed by atoms with Gasteiger partial charge < -0.3 is 9.47 Å². The summed E-state index contributed by atoms with van der Waals surface area (Å²) in [6.45, 7) is 2.35. The number of benzene rings is 2. The number of allylic oxidation sites excluding steroid dienone is 1. The Balaban J connectivity index is 1.85. The number of carbonyl (C=O) groups excluding carboxylic acids is 2. The molecule has 1 heterocycles. The minimum Gasteiger partial charge on any atom is -0.465 e. The van der Waals surface area contributed by atoms with E-state index in [0.717, 1.165) is 30.8 Å². The molecule has 162 valence electrons. The first-order valence-corrected chi connectivity index (χ1v) is 10.5. The lowest BCUT2D eigenvalue weighted by atomic mass is 9.85. The van der Waals surface area contributed by atoms with Crippen LogP contribution < -0.4 is 0 Å². The number of nitrogens with zero attached hydrogens (tertiary/aromatic N) is 1. The molecule has 1 aliphatic rings. The van der Waals surface area contributed by atoms with E-state index >= 15 is 0 Å². The van der Waals surface area contributed by atoms with E-state index in [-0.39, 0.29) is 11.5 Å². The first kappa shape index (κ1) is 22.5. The van der Waals surface area contributed by atoms with Crippen molar-refractivity contribution in [2.24, 2.45) is 5.92 Å². The number of rotatable bonds is 7. The summed E-state index contributed by atoms with van der Waals surface area (Å²) < 4.78 is 9.81. The van der Waals surface area contributed by atoms with Crippen LogP contribution in [0.5, 0.6) is 0 Å². The minimum atomic E-state index is -0.629. The maximum absolute atomic E-state index is 12.4. The number of hydrogen-bond donors (Lipinski definition) is 0. The maximum atomic E-state index is 12.4. The van der Waals surface area contributed by atoms with Gasteiger partial charge in [0.1, 0.15) is 5.57 Å². The highest BCUT2D eigenvalue weighted by atomic mass is 16.5. The van der Waals surface area contributed by atoms with Gasteiger partial charge in [0.15, 0.2) is 0 Å². The SMILES string of the molecule is COC(=O)C(C(=O)OC)=C1CCN(Cc2ccccc2)C[C@H]1C/C=C/c1ccccc1. The Bertz CT molecular complexity index is 916. The molecule has 0 unspecified atom stereocenters. The summed E-state index contributed by atoms with van der Waals surface area (Å²) in [6, 6.07) is 20.4. The number of carbonyl (C=O) groups is 2. The summed E-state index contributed by atoms with van der Waals surface area (Å²) >= 11 is 0. The molecule has 0 N–H and O–H groups in total. The third-order valence-corrected chi connectivity index (χ3v) is 5.55. The second-order valence-electron chi connectivity index (χ2n) is 7.60. The zero-order valence-corrected chi connectivity index (χ0v) is 18.1. The van der Waals surface area contributed by atoms with Crippen molar-refractivity contribution < 1.29 is 19.1 Å². The van der Waals surface area contributed by atoms with Crippen molar-refractivity contribution in [3.63, 3.8) is 0 Å². The second kappa shape index (κ2) is 11.3. The molecule has 2 aromatic carbocycles. The van der Waals surface area contributed by atoms with Crippen LogP contribution in [0.3, 0.4) is 0 Å². The smallest absolute Gasteiger partial charge is 0.345 e. The molecule has 5 heteroatoms. The van der Waals surface area contributed by atoms with Crippen LogP contribution in [0.2, 0.25) is 0 Å². The summed E-state index contributed by atoms with van der Waals surface area (Å²) in [4.78, 5) is 27.2. The number of hydrogen-bond acceptors (Lipinski definition) is 5. The van der Waals surface area contributed by atoms with Gasteiger partial charge in [0.2, 0.25) is 0 Å². The van der Waals surface area contributed by atoms with E-state index < -0.39 is 11.9 Å². The van der Waals surface area contributed by atoms with Crippen LogP contribution >= 0.6 is 0 Å². The Morgan fingerprint density at radius 2 is 1.58 bits per heavy atom. The van der Waals surface area contributed by atoms with Gasteiger partial charge in [-0.2, -0.15) is 0 Å². The second-order valence-corrected chi connectivity index (χ2v) is 7.60. The van der Waals surface area contributed by atoms with Crippen LogP contribution in [0.15, 0.2) is 77.9 Å². The lowest BCUT2D eigenvalue weighted by molar-refractivity contribution is -0.144. The average Bonchev–Trinajstić information content (AvgIpc) is 2.81. The fourth-order valence-corrected chi connectivity index (χ4v) is 4.01. The molecule has 0 aromatic heterocycles. The zero-order chi connectivity index (χ0) is 22.1. The summed E-state index contributed by atoms with van der Waals surface area (Å²) in [6.07, 6.45) is 5.52. The molecule has 1 fully saturated rings. The molecule has 1 saturated heterocycles. The van der Waals surface area contributed by atoms with Gasteiger partial charge >= 0.3 is 11.9 Å². The molecule has 5 nitrogen and oxygen atoms in total. The molecule has 1 atom stereocenters. The number of methoxy groups -OCH3 is 2. The van der Waals surface area contributed by atoms with Crippen molar-refractivity contribution in [1.82, 2.24) is 4.90 Å². The first-order valence-electron chi connectivity index (χ1n) is 10.5. The van der Waals surface area contributed by atoms with Crippen molar-refractivity contribution in [2.75, 3.05) is 27.3 Å². The Hall–Kier alpha value is -3.18. The first-order chi connectivity index (χ1) is 15.1. The van der Waals surface area contributed by atoms with Crippen LogP contribution in [0.25, 0.3) is 6.08 Å². The quantitative estimate of drug-likeness (QED) is 0.291. The van der Waals surface area contributed by atoms with Gasteiger partial charge in [0, 0.05) is 19.6 Å². The molecule has 2 aromatic rings. The highest BCUT2D eigenvalue weighted by Crippen LogP contribution is 2.31. The van der Waals surface area contributed by atoms with Crippen LogP contribution in [0, 0.1) is 5.92 Å². The largest absolute Gasteiger partial charge is 0.465 e. The van der Waals surface area contributed by atoms with E-state index in [1.165, 1.54) is 19.8 Å². The van der Waals surface area contributed by atoms with Crippen molar-refractivity contribution >= 4 is 18.0 Å². The standard InChI is InChI=1S/C26H29NO4/c1-30-25(28)24(26(29)31-2)23-16-17-27(18-21-12-7-4-8-13-21)19-22(23)15-9-14-20-10-5-3-6-11-20/h3-14,22H,15-19H2,1-2H3/b14-9+/t22-/m1/s1. The molecule has 0 aliphatic carbocycles. The highest BCUT2D eigenvalue weighted by molar-refractivity contribution is 6.14. The summed E-state index contributed by atoms with van der Waals surface area (Å²) in [7, 11) is 2.58. The van der Waals surface area contributed by atoms with E-state index in [1.807, 2.05) is 48.5 Å². The summed E-state index contributed by atoms with van der Waals surface area (Å²) in [5.74, 6) is -1.24. The molecular formula is C26H29NO4. The summed E-state index contributed by atoms with van der Waals surface area (Å²) in [5.41, 5.74) is 3.23. The van der Waals surface area contributed by atoms with E-state index in [9.17, 15) is 9.59 Å². The van der Waals surface area contributed by atoms with Crippen LogP contribution in [0.4, 0.5) is 0 Å². The fourth-order valence-electron chi connectivity index (χ4n) is 4.01. The van der Waals surface area contributed by atoms with Crippen molar-refractivity contribution in [3.8, 4) is 0 Å². The zero-order valence-electron chi connectivity index (χ0n) is 18.1. The molecule has 0 radical (unpaired) electrons. The Labute approximate surface area is 184 Å². The molecule has 1 aliphatic heterocycles. The monoisotopic (exact) mass is 419 g/mol. The predicted octanol–water partition coefficient (Wildman–Crippen LogP) is 4.25. The topological polar surface area (TPSA) is 55.8 Å². The van der Waals surface area contributed by atoms with E-state index in [4.69, 9.17) is 9.47 Å². The molecule has 3 rings (SSSR count). The number of likely N-dealkylation sites (tertiary alicyclic amines) is 1. The number of piperidine rings is 1. The van der Waals surface area contributed by atoms with Crippen LogP contribution in [-0.2, 0) is 25.6 Å². The van der Waals surface area contributed by atoms with Gasteiger partial charge in [0.25, 0.3) is 0 Å². The third-order valence-electron chi connectivity index (χ3n) is 5.55. The van der Waals surface area contributed by atoms with E-state index in [2.05, 4.69) is 29.2 Å². The van der Waals surface area contributed by atoms with Crippen molar-refractivity contribution in [3.05, 3.63) is 89.0 Å². The molecule has 31 heavy (non-hydrogen) atoms. The predicted molar refractivity (Wildman–Crippen MR) is 121 cm³/mol. The van der Waals surface area contributed by atoms with Crippen LogP contribution in [-0.4, -0.2) is 44.1 Å². The maximum Gasteiger partial charge on any atom is 0.345 e. The number of esters is 2. The van der Waals surface area contributed by atoms with E-state index in [0.29, 0.717) is 12.8 Å². The third kappa shape index (κ3) is 6.15. The van der Waals surface area contributed by atoms with Gasteiger partial charge in [-0.15, -0.1) is 0 Å². The highest BCUT2D eigenvalue weighted by Gasteiger charge is 2.32. The van der Waals surface area contributed by atoms with Gasteiger partial charge in [-0.25, -0.2) is 9.59 Å². The lowest BCUT2D eigenvalue weighted by Crippen LogP contribution is -2.38. The molecular weight excluding hydrogens is 390 g/mol.